The molecular weight excluding hydrogens is 420 g/mol. The second-order valence-corrected chi connectivity index (χ2v) is 9.66. The molecule has 0 saturated heterocycles. The Hall–Kier alpha value is -2.50. The highest BCUT2D eigenvalue weighted by atomic mass is 32.2. The van der Waals surface area contributed by atoms with E-state index in [9.17, 15) is 27.1 Å². The van der Waals surface area contributed by atoms with Crippen molar-refractivity contribution < 1.29 is 27.4 Å². The third-order valence-electron chi connectivity index (χ3n) is 5.14. The summed E-state index contributed by atoms with van der Waals surface area (Å²) in [6, 6.07) is 4.13. The van der Waals surface area contributed by atoms with Gasteiger partial charge in [-0.2, -0.15) is 4.39 Å². The van der Waals surface area contributed by atoms with Gasteiger partial charge < -0.3 is 20.1 Å². The molecular formula is C19H23F2N3O5S. The van der Waals surface area contributed by atoms with E-state index >= 15 is 0 Å². The smallest absolute Gasteiger partial charge is 0.288 e. The summed E-state index contributed by atoms with van der Waals surface area (Å²) in [6.07, 6.45) is 0.185. The second kappa shape index (κ2) is 7.97. The summed E-state index contributed by atoms with van der Waals surface area (Å²) in [6.45, 7) is 1.08. The predicted molar refractivity (Wildman–Crippen MR) is 108 cm³/mol. The Morgan fingerprint density at radius 3 is 2.50 bits per heavy atom. The molecule has 1 heterocycles. The molecule has 1 unspecified atom stereocenters. The number of anilines is 3. The van der Waals surface area contributed by atoms with E-state index < -0.39 is 50.4 Å². The standard InChI is InChI=1S/C19H23F2N3O5S/c1-11-3-4-14(13(20)7-11)22-17-15(9-24(2)18(27)16(17)21)23-30(28,29)19(5-6-19)8-12(26)10-25/h3-4,7,9,12,22-23,25-26H,5-6,8,10H2,1-2H3. The summed E-state index contributed by atoms with van der Waals surface area (Å²) in [5.41, 5.74) is -1.32. The van der Waals surface area contributed by atoms with Crippen LogP contribution in [0.15, 0.2) is 29.2 Å². The number of nitrogens with one attached hydrogen (secondary N) is 2. The molecule has 1 saturated carbocycles. The maximum Gasteiger partial charge on any atom is 0.288 e. The minimum atomic E-state index is -4.12. The van der Waals surface area contributed by atoms with Crippen molar-refractivity contribution in [3.63, 3.8) is 0 Å². The normalized spacial score (nSPS) is 16.2. The number of rotatable bonds is 8. The van der Waals surface area contributed by atoms with Crippen LogP contribution in [-0.2, 0) is 17.1 Å². The average Bonchev–Trinajstić information content (AvgIpc) is 3.45. The fourth-order valence-corrected chi connectivity index (χ4v) is 4.93. The number of halogens is 2. The number of benzene rings is 1. The summed E-state index contributed by atoms with van der Waals surface area (Å²) >= 11 is 0. The number of sulfonamides is 1. The molecule has 30 heavy (non-hydrogen) atoms. The van der Waals surface area contributed by atoms with E-state index in [-0.39, 0.29) is 30.6 Å². The van der Waals surface area contributed by atoms with Crippen molar-refractivity contribution in [1.29, 1.82) is 0 Å². The highest BCUT2D eigenvalue weighted by molar-refractivity contribution is 7.94. The van der Waals surface area contributed by atoms with E-state index in [0.717, 1.165) is 10.8 Å². The van der Waals surface area contributed by atoms with Crippen molar-refractivity contribution in [2.24, 2.45) is 7.05 Å². The van der Waals surface area contributed by atoms with Crippen molar-refractivity contribution in [3.05, 3.63) is 51.9 Å². The number of pyridine rings is 1. The maximum atomic E-state index is 14.7. The molecule has 1 aliphatic rings. The van der Waals surface area contributed by atoms with Gasteiger partial charge in [0.05, 0.1) is 28.8 Å². The Labute approximate surface area is 172 Å². The van der Waals surface area contributed by atoms with Crippen molar-refractivity contribution >= 4 is 27.1 Å². The van der Waals surface area contributed by atoms with Gasteiger partial charge in [0.15, 0.2) is 0 Å². The van der Waals surface area contributed by atoms with Gasteiger partial charge in [0.2, 0.25) is 15.8 Å². The molecule has 0 amide bonds. The Morgan fingerprint density at radius 2 is 1.93 bits per heavy atom. The molecule has 0 spiro atoms. The summed E-state index contributed by atoms with van der Waals surface area (Å²) < 4.78 is 56.7. The van der Waals surface area contributed by atoms with Gasteiger partial charge in [-0.15, -0.1) is 0 Å². The van der Waals surface area contributed by atoms with Crippen molar-refractivity contribution in [2.45, 2.75) is 37.0 Å². The summed E-state index contributed by atoms with van der Waals surface area (Å²) in [5.74, 6) is -1.98. The lowest BCUT2D eigenvalue weighted by Gasteiger charge is -2.22. The van der Waals surface area contributed by atoms with Gasteiger partial charge in [0.25, 0.3) is 5.56 Å². The lowest BCUT2D eigenvalue weighted by molar-refractivity contribution is 0.0858. The first kappa shape index (κ1) is 22.2. The van der Waals surface area contributed by atoms with Gasteiger partial charge in [-0.25, -0.2) is 12.8 Å². The zero-order chi connectivity index (χ0) is 22.3. The summed E-state index contributed by atoms with van der Waals surface area (Å²) in [4.78, 5) is 12.0. The van der Waals surface area contributed by atoms with Crippen LogP contribution in [0, 0.1) is 18.6 Å². The second-order valence-electron chi connectivity index (χ2n) is 7.59. The van der Waals surface area contributed by atoms with E-state index in [0.29, 0.717) is 5.56 Å². The lowest BCUT2D eigenvalue weighted by atomic mass is 10.2. The van der Waals surface area contributed by atoms with Crippen LogP contribution in [0.4, 0.5) is 25.8 Å². The van der Waals surface area contributed by atoms with Gasteiger partial charge in [0.1, 0.15) is 11.5 Å². The highest BCUT2D eigenvalue weighted by Crippen LogP contribution is 2.48. The van der Waals surface area contributed by atoms with E-state index in [2.05, 4.69) is 10.0 Å². The van der Waals surface area contributed by atoms with Gasteiger partial charge in [-0.05, 0) is 43.9 Å². The van der Waals surface area contributed by atoms with Crippen LogP contribution in [0.2, 0.25) is 0 Å². The van der Waals surface area contributed by atoms with Crippen molar-refractivity contribution in [1.82, 2.24) is 4.57 Å². The van der Waals surface area contributed by atoms with Crippen LogP contribution in [0.5, 0.6) is 0 Å². The largest absolute Gasteiger partial charge is 0.394 e. The molecule has 1 atom stereocenters. The fourth-order valence-electron chi connectivity index (χ4n) is 3.22. The molecule has 2 aromatic rings. The van der Waals surface area contributed by atoms with Crippen LogP contribution < -0.4 is 15.6 Å². The first-order valence-corrected chi connectivity index (χ1v) is 10.7. The maximum absolute atomic E-state index is 14.7. The molecule has 1 aliphatic carbocycles. The number of nitrogens with zero attached hydrogens (tertiary/aromatic N) is 1. The number of hydrogen-bond donors (Lipinski definition) is 4. The van der Waals surface area contributed by atoms with Gasteiger partial charge in [-0.1, -0.05) is 6.07 Å². The first-order valence-electron chi connectivity index (χ1n) is 9.23. The molecule has 11 heteroatoms. The number of aliphatic hydroxyl groups excluding tert-OH is 2. The van der Waals surface area contributed by atoms with Crippen LogP contribution in [-0.4, -0.2) is 40.7 Å². The predicted octanol–water partition coefficient (Wildman–Crippen LogP) is 1.73. The minimum Gasteiger partial charge on any atom is -0.394 e. The molecule has 1 aromatic heterocycles. The Morgan fingerprint density at radius 1 is 1.27 bits per heavy atom. The molecule has 0 aliphatic heterocycles. The topological polar surface area (TPSA) is 121 Å². The van der Waals surface area contributed by atoms with Crippen LogP contribution in [0.3, 0.4) is 0 Å². The van der Waals surface area contributed by atoms with E-state index in [4.69, 9.17) is 5.11 Å². The first-order chi connectivity index (χ1) is 14.0. The van der Waals surface area contributed by atoms with Crippen molar-refractivity contribution in [2.75, 3.05) is 16.6 Å². The number of aliphatic hydroxyl groups is 2. The van der Waals surface area contributed by atoms with Crippen LogP contribution >= 0.6 is 0 Å². The van der Waals surface area contributed by atoms with Gasteiger partial charge >= 0.3 is 0 Å². The minimum absolute atomic E-state index is 0.134. The SMILES string of the molecule is Cc1ccc(Nc2c(NS(=O)(=O)C3(CC(O)CO)CC3)cn(C)c(=O)c2F)c(F)c1. The molecule has 1 aromatic carbocycles. The Balaban J connectivity index is 2.01. The summed E-state index contributed by atoms with van der Waals surface area (Å²) in [7, 11) is -2.87. The third kappa shape index (κ3) is 4.18. The highest BCUT2D eigenvalue weighted by Gasteiger charge is 2.55. The lowest BCUT2D eigenvalue weighted by Crippen LogP contribution is -2.35. The Bertz CT molecular complexity index is 1130. The third-order valence-corrected chi connectivity index (χ3v) is 7.35. The van der Waals surface area contributed by atoms with E-state index in [1.54, 1.807) is 13.0 Å². The van der Waals surface area contributed by atoms with Crippen molar-refractivity contribution in [3.8, 4) is 0 Å². The Kier molecular flexibility index (Phi) is 5.89. The number of hydrogen-bond acceptors (Lipinski definition) is 6. The van der Waals surface area contributed by atoms with Crippen LogP contribution in [0.1, 0.15) is 24.8 Å². The quantitative estimate of drug-likeness (QED) is 0.493. The molecule has 0 bridgehead atoms. The number of aryl methyl sites for hydroxylation is 2. The van der Waals surface area contributed by atoms with Gasteiger partial charge in [-0.3, -0.25) is 9.52 Å². The molecule has 4 N–H and O–H groups in total. The van der Waals surface area contributed by atoms with E-state index in [1.165, 1.54) is 19.2 Å². The average molecular weight is 443 g/mol. The molecule has 1 fully saturated rings. The summed E-state index contributed by atoms with van der Waals surface area (Å²) in [5, 5.41) is 21.2. The molecule has 164 valence electrons. The fraction of sp³-hybridized carbons (Fsp3) is 0.421. The monoisotopic (exact) mass is 443 g/mol. The molecule has 3 rings (SSSR count). The van der Waals surface area contributed by atoms with E-state index in [1.807, 2.05) is 0 Å². The zero-order valence-corrected chi connectivity index (χ0v) is 17.3. The zero-order valence-electron chi connectivity index (χ0n) is 16.4. The molecule has 8 nitrogen and oxygen atoms in total. The number of aromatic nitrogens is 1. The van der Waals surface area contributed by atoms with Gasteiger partial charge in [0, 0.05) is 13.2 Å². The van der Waals surface area contributed by atoms with Crippen LogP contribution in [0.25, 0.3) is 0 Å². The molecule has 0 radical (unpaired) electrons.